The molecule has 194 valence electrons. The van der Waals surface area contributed by atoms with Crippen LogP contribution in [0.1, 0.15) is 60.5 Å². The Kier molecular flexibility index (Phi) is 8.62. The summed E-state index contributed by atoms with van der Waals surface area (Å²) in [6, 6.07) is 21.8. The van der Waals surface area contributed by atoms with E-state index in [-0.39, 0.29) is 12.3 Å². The minimum absolute atomic E-state index is 0.104. The highest BCUT2D eigenvalue weighted by Gasteiger charge is 2.24. The van der Waals surface area contributed by atoms with Gasteiger partial charge in [-0.15, -0.1) is 0 Å². The second-order valence-corrected chi connectivity index (χ2v) is 9.99. The van der Waals surface area contributed by atoms with Gasteiger partial charge in [-0.3, -0.25) is 9.59 Å². The molecule has 0 saturated carbocycles. The highest BCUT2D eigenvalue weighted by molar-refractivity contribution is 6.04. The van der Waals surface area contributed by atoms with Crippen LogP contribution in [0.3, 0.4) is 0 Å². The number of anilines is 1. The Labute approximate surface area is 219 Å². The largest absolute Gasteiger partial charge is 0.496 e. The SMILES string of the molecule is COc1ccc(NC(=O)c2ccc(-c3cccc(CCC(=O)O)c3)cc2)cc1C1CCN(C(C)C)CC1. The first kappa shape index (κ1) is 26.4. The van der Waals surface area contributed by atoms with Gasteiger partial charge < -0.3 is 20.1 Å². The van der Waals surface area contributed by atoms with Gasteiger partial charge in [0.25, 0.3) is 5.91 Å². The van der Waals surface area contributed by atoms with Crippen LogP contribution in [0.15, 0.2) is 66.7 Å². The molecule has 1 aliphatic heterocycles. The summed E-state index contributed by atoms with van der Waals surface area (Å²) in [5, 5.41) is 12.0. The molecular formula is C31H36N2O4. The lowest BCUT2D eigenvalue weighted by Gasteiger charge is -2.35. The van der Waals surface area contributed by atoms with Crippen LogP contribution in [-0.2, 0) is 11.2 Å². The Morgan fingerprint density at radius 1 is 1.00 bits per heavy atom. The number of carbonyl (C=O) groups excluding carboxylic acids is 1. The zero-order chi connectivity index (χ0) is 26.4. The van der Waals surface area contributed by atoms with Crippen LogP contribution >= 0.6 is 0 Å². The smallest absolute Gasteiger partial charge is 0.303 e. The van der Waals surface area contributed by atoms with E-state index in [1.54, 1.807) is 7.11 Å². The number of rotatable bonds is 9. The van der Waals surface area contributed by atoms with Crippen molar-refractivity contribution in [2.24, 2.45) is 0 Å². The number of amides is 1. The maximum atomic E-state index is 13.0. The molecule has 0 bridgehead atoms. The Morgan fingerprint density at radius 2 is 1.73 bits per heavy atom. The minimum atomic E-state index is -0.804. The van der Waals surface area contributed by atoms with Gasteiger partial charge in [0.1, 0.15) is 5.75 Å². The number of methoxy groups -OCH3 is 1. The van der Waals surface area contributed by atoms with Crippen LogP contribution in [0.2, 0.25) is 0 Å². The third-order valence-electron chi connectivity index (χ3n) is 7.22. The second kappa shape index (κ2) is 12.1. The predicted octanol–water partition coefficient (Wildman–Crippen LogP) is 6.22. The number of hydrogen-bond acceptors (Lipinski definition) is 4. The molecule has 37 heavy (non-hydrogen) atoms. The Hall–Kier alpha value is -3.64. The molecule has 1 fully saturated rings. The molecule has 0 aromatic heterocycles. The Morgan fingerprint density at radius 3 is 2.38 bits per heavy atom. The van der Waals surface area contributed by atoms with E-state index in [0.29, 0.717) is 23.9 Å². The Balaban J connectivity index is 1.44. The summed E-state index contributed by atoms with van der Waals surface area (Å²) in [7, 11) is 1.70. The Bertz CT molecular complexity index is 1230. The summed E-state index contributed by atoms with van der Waals surface area (Å²) in [4.78, 5) is 26.4. The fourth-order valence-electron chi connectivity index (χ4n) is 5.03. The van der Waals surface area contributed by atoms with E-state index in [2.05, 4.69) is 30.1 Å². The van der Waals surface area contributed by atoms with Crippen LogP contribution in [-0.4, -0.2) is 48.1 Å². The van der Waals surface area contributed by atoms with Crippen LogP contribution in [0, 0.1) is 0 Å². The quantitative estimate of drug-likeness (QED) is 0.365. The number of aliphatic carboxylic acids is 1. The van der Waals surface area contributed by atoms with E-state index in [1.807, 2.05) is 60.7 Å². The summed E-state index contributed by atoms with van der Waals surface area (Å²) >= 11 is 0. The molecule has 1 saturated heterocycles. The van der Waals surface area contributed by atoms with Crippen LogP contribution in [0.4, 0.5) is 5.69 Å². The molecule has 1 aliphatic rings. The predicted molar refractivity (Wildman–Crippen MR) is 147 cm³/mol. The van der Waals surface area contributed by atoms with Crippen molar-refractivity contribution in [1.29, 1.82) is 0 Å². The molecule has 0 spiro atoms. The number of carbonyl (C=O) groups is 2. The average Bonchev–Trinajstić information content (AvgIpc) is 2.92. The summed E-state index contributed by atoms with van der Waals surface area (Å²) in [5.41, 5.74) is 5.45. The lowest BCUT2D eigenvalue weighted by molar-refractivity contribution is -0.136. The molecule has 2 N–H and O–H groups in total. The van der Waals surface area contributed by atoms with Crippen molar-refractivity contribution in [2.75, 3.05) is 25.5 Å². The number of piperidine rings is 1. The molecule has 3 aromatic rings. The first-order valence-electron chi connectivity index (χ1n) is 13.0. The van der Waals surface area contributed by atoms with Gasteiger partial charge in [-0.1, -0.05) is 36.4 Å². The van der Waals surface area contributed by atoms with Gasteiger partial charge in [0.05, 0.1) is 7.11 Å². The highest BCUT2D eigenvalue weighted by Crippen LogP contribution is 2.36. The lowest BCUT2D eigenvalue weighted by atomic mass is 9.88. The van der Waals surface area contributed by atoms with E-state index < -0.39 is 5.97 Å². The van der Waals surface area contributed by atoms with E-state index in [9.17, 15) is 9.59 Å². The first-order chi connectivity index (χ1) is 17.8. The first-order valence-corrected chi connectivity index (χ1v) is 13.0. The van der Waals surface area contributed by atoms with Crippen LogP contribution in [0.5, 0.6) is 5.75 Å². The number of carboxylic acid groups (broad SMARTS) is 1. The van der Waals surface area contributed by atoms with E-state index in [0.717, 1.165) is 59.6 Å². The van der Waals surface area contributed by atoms with E-state index >= 15 is 0 Å². The molecule has 3 aromatic carbocycles. The van der Waals surface area contributed by atoms with E-state index in [4.69, 9.17) is 9.84 Å². The van der Waals surface area contributed by atoms with Gasteiger partial charge in [-0.25, -0.2) is 0 Å². The third kappa shape index (κ3) is 6.77. The molecule has 0 aliphatic carbocycles. The number of carboxylic acids is 1. The topological polar surface area (TPSA) is 78.9 Å². The number of nitrogens with one attached hydrogen (secondary N) is 1. The summed E-state index contributed by atoms with van der Waals surface area (Å²) in [6.07, 6.45) is 2.74. The molecule has 6 nitrogen and oxygen atoms in total. The third-order valence-corrected chi connectivity index (χ3v) is 7.22. The maximum absolute atomic E-state index is 13.0. The van der Waals surface area contributed by atoms with Crippen molar-refractivity contribution in [2.45, 2.75) is 51.5 Å². The number of hydrogen-bond donors (Lipinski definition) is 2. The fourth-order valence-corrected chi connectivity index (χ4v) is 5.03. The van der Waals surface area contributed by atoms with Gasteiger partial charge >= 0.3 is 5.97 Å². The fraction of sp³-hybridized carbons (Fsp3) is 0.355. The number of nitrogens with zero attached hydrogens (tertiary/aromatic N) is 1. The molecule has 0 radical (unpaired) electrons. The van der Waals surface area contributed by atoms with Gasteiger partial charge in [0.15, 0.2) is 0 Å². The van der Waals surface area contributed by atoms with Gasteiger partial charge in [0, 0.05) is 23.7 Å². The van der Waals surface area contributed by atoms with Crippen molar-refractivity contribution in [3.05, 3.63) is 83.4 Å². The number of benzene rings is 3. The number of aryl methyl sites for hydroxylation is 1. The van der Waals surface area contributed by atoms with Crippen molar-refractivity contribution < 1.29 is 19.4 Å². The van der Waals surface area contributed by atoms with Gasteiger partial charge in [-0.2, -0.15) is 0 Å². The van der Waals surface area contributed by atoms with Crippen molar-refractivity contribution in [3.8, 4) is 16.9 Å². The molecular weight excluding hydrogens is 464 g/mol. The van der Waals surface area contributed by atoms with Gasteiger partial charge in [-0.05, 0) is 105 Å². The van der Waals surface area contributed by atoms with Crippen LogP contribution < -0.4 is 10.1 Å². The summed E-state index contributed by atoms with van der Waals surface area (Å²) in [5.74, 6) is 0.317. The monoisotopic (exact) mass is 500 g/mol. The lowest BCUT2D eigenvalue weighted by Crippen LogP contribution is -2.37. The number of ether oxygens (including phenoxy) is 1. The molecule has 1 heterocycles. The summed E-state index contributed by atoms with van der Waals surface area (Å²) < 4.78 is 5.65. The zero-order valence-electron chi connectivity index (χ0n) is 21.9. The minimum Gasteiger partial charge on any atom is -0.496 e. The standard InChI is InChI=1S/C31H36N2O4/c1-21(2)33-17-15-24(16-18-33)28-20-27(12-13-29(28)37-3)32-31(36)25-10-8-23(9-11-25)26-6-4-5-22(19-26)7-14-30(34)35/h4-6,8-13,19-21,24H,7,14-18H2,1-3H3,(H,32,36)(H,34,35). The molecule has 0 atom stereocenters. The molecule has 0 unspecified atom stereocenters. The molecule has 6 heteroatoms. The zero-order valence-corrected chi connectivity index (χ0v) is 21.9. The van der Waals surface area contributed by atoms with Crippen molar-refractivity contribution in [3.63, 3.8) is 0 Å². The van der Waals surface area contributed by atoms with Crippen molar-refractivity contribution >= 4 is 17.6 Å². The molecule has 4 rings (SSSR count). The van der Waals surface area contributed by atoms with Crippen molar-refractivity contribution in [1.82, 2.24) is 4.90 Å². The molecule has 1 amide bonds. The average molecular weight is 501 g/mol. The van der Waals surface area contributed by atoms with Crippen LogP contribution in [0.25, 0.3) is 11.1 Å². The summed E-state index contributed by atoms with van der Waals surface area (Å²) in [6.45, 7) is 6.61. The highest BCUT2D eigenvalue weighted by atomic mass is 16.5. The van der Waals surface area contributed by atoms with Gasteiger partial charge in [0.2, 0.25) is 0 Å². The number of likely N-dealkylation sites (tertiary alicyclic amines) is 1. The second-order valence-electron chi connectivity index (χ2n) is 9.99. The van der Waals surface area contributed by atoms with E-state index in [1.165, 1.54) is 0 Å². The maximum Gasteiger partial charge on any atom is 0.303 e. The normalized spacial score (nSPS) is 14.5.